The van der Waals surface area contributed by atoms with E-state index in [4.69, 9.17) is 23.2 Å². The van der Waals surface area contributed by atoms with Crippen LogP contribution in [0, 0.1) is 0 Å². The van der Waals surface area contributed by atoms with Crippen molar-refractivity contribution >= 4 is 40.4 Å². The monoisotopic (exact) mass is 356 g/mol. The summed E-state index contributed by atoms with van der Waals surface area (Å²) in [6.07, 6.45) is 0. The van der Waals surface area contributed by atoms with Gasteiger partial charge in [0, 0.05) is 21.5 Å². The number of hydrogen-bond acceptors (Lipinski definition) is 3. The van der Waals surface area contributed by atoms with Gasteiger partial charge in [-0.1, -0.05) is 35.3 Å². The first-order valence-corrected chi connectivity index (χ1v) is 8.54. The highest BCUT2D eigenvalue weighted by atomic mass is 35.5. The summed E-state index contributed by atoms with van der Waals surface area (Å²) in [6.45, 7) is 2.89. The summed E-state index contributed by atoms with van der Waals surface area (Å²) in [6, 6.07) is 9.43. The molecule has 2 rings (SSSR count). The quantitative estimate of drug-likeness (QED) is 0.833. The minimum absolute atomic E-state index is 0.00603. The van der Waals surface area contributed by atoms with Crippen molar-refractivity contribution in [1.82, 2.24) is 10.2 Å². The highest BCUT2D eigenvalue weighted by Gasteiger charge is 2.13. The minimum atomic E-state index is -0.00603. The van der Waals surface area contributed by atoms with Gasteiger partial charge in [0.15, 0.2) is 0 Å². The van der Waals surface area contributed by atoms with Crippen LogP contribution >= 0.6 is 34.5 Å². The van der Waals surface area contributed by atoms with Gasteiger partial charge in [-0.05, 0) is 43.1 Å². The second-order valence-electron chi connectivity index (χ2n) is 5.21. The van der Waals surface area contributed by atoms with Crippen LogP contribution in [0.3, 0.4) is 0 Å². The maximum Gasteiger partial charge on any atom is 0.234 e. The molecule has 1 amide bonds. The van der Waals surface area contributed by atoms with Crippen molar-refractivity contribution in [2.24, 2.45) is 0 Å². The average Bonchev–Trinajstić information content (AvgIpc) is 2.95. The van der Waals surface area contributed by atoms with Gasteiger partial charge in [-0.3, -0.25) is 9.69 Å². The number of benzene rings is 1. The molecule has 0 aliphatic rings. The Morgan fingerprint density at radius 3 is 2.77 bits per heavy atom. The largest absolute Gasteiger partial charge is 0.348 e. The number of likely N-dealkylation sites (N-methyl/N-ethyl adjacent to an activating group) is 1. The Labute approximate surface area is 144 Å². The van der Waals surface area contributed by atoms with Crippen LogP contribution in [0.4, 0.5) is 0 Å². The van der Waals surface area contributed by atoms with E-state index < -0.39 is 0 Å². The van der Waals surface area contributed by atoms with Crippen molar-refractivity contribution in [2.45, 2.75) is 19.5 Å². The van der Waals surface area contributed by atoms with Gasteiger partial charge in [-0.15, -0.1) is 11.3 Å². The number of amides is 1. The van der Waals surface area contributed by atoms with E-state index in [-0.39, 0.29) is 11.9 Å². The van der Waals surface area contributed by atoms with E-state index in [1.807, 2.05) is 42.5 Å². The predicted molar refractivity (Wildman–Crippen MR) is 93.7 cm³/mol. The number of nitrogens with zero attached hydrogens (tertiary/aromatic N) is 1. The van der Waals surface area contributed by atoms with Gasteiger partial charge < -0.3 is 5.32 Å². The van der Waals surface area contributed by atoms with E-state index in [0.717, 1.165) is 10.4 Å². The maximum atomic E-state index is 12.1. The first kappa shape index (κ1) is 17.3. The molecule has 0 saturated heterocycles. The smallest absolute Gasteiger partial charge is 0.234 e. The van der Waals surface area contributed by atoms with Crippen LogP contribution in [-0.4, -0.2) is 24.4 Å². The van der Waals surface area contributed by atoms with Crippen LogP contribution in [0.25, 0.3) is 0 Å². The highest BCUT2D eigenvalue weighted by Crippen LogP contribution is 2.22. The van der Waals surface area contributed by atoms with Crippen molar-refractivity contribution in [2.75, 3.05) is 13.6 Å². The normalized spacial score (nSPS) is 12.4. The molecule has 1 atom stereocenters. The zero-order valence-corrected chi connectivity index (χ0v) is 14.8. The molecule has 3 nitrogen and oxygen atoms in total. The summed E-state index contributed by atoms with van der Waals surface area (Å²) < 4.78 is 0. The third-order valence-electron chi connectivity index (χ3n) is 3.22. The van der Waals surface area contributed by atoms with E-state index in [2.05, 4.69) is 5.32 Å². The molecule has 2 aromatic rings. The van der Waals surface area contributed by atoms with Gasteiger partial charge in [0.2, 0.25) is 5.91 Å². The van der Waals surface area contributed by atoms with Gasteiger partial charge in [0.05, 0.1) is 12.6 Å². The average molecular weight is 357 g/mol. The number of thiophene rings is 1. The number of carbonyl (C=O) groups excluding carboxylic acids is 1. The van der Waals surface area contributed by atoms with Crippen LogP contribution < -0.4 is 5.32 Å². The fourth-order valence-corrected chi connectivity index (χ4v) is 3.34. The maximum absolute atomic E-state index is 12.1. The molecule has 1 heterocycles. The molecular weight excluding hydrogens is 339 g/mol. The number of hydrogen-bond donors (Lipinski definition) is 1. The molecule has 0 fully saturated rings. The molecule has 0 aliphatic heterocycles. The lowest BCUT2D eigenvalue weighted by Crippen LogP contribution is -2.36. The van der Waals surface area contributed by atoms with Gasteiger partial charge >= 0.3 is 0 Å². The second-order valence-corrected chi connectivity index (χ2v) is 7.04. The topological polar surface area (TPSA) is 32.3 Å². The molecule has 6 heteroatoms. The van der Waals surface area contributed by atoms with E-state index >= 15 is 0 Å². The fourth-order valence-electron chi connectivity index (χ4n) is 2.14. The third-order valence-corrected chi connectivity index (χ3v) is 4.86. The van der Waals surface area contributed by atoms with Gasteiger partial charge in [-0.25, -0.2) is 0 Å². The van der Waals surface area contributed by atoms with E-state index in [1.54, 1.807) is 23.5 Å². The van der Waals surface area contributed by atoms with Gasteiger partial charge in [-0.2, -0.15) is 0 Å². The van der Waals surface area contributed by atoms with Crippen molar-refractivity contribution in [3.8, 4) is 0 Å². The Kier molecular flexibility index (Phi) is 6.26. The molecule has 0 radical (unpaired) electrons. The molecule has 118 valence electrons. The standard InChI is InChI=1S/C16H18Cl2N2OS/c1-11(15-4-3-7-22-15)19-16(21)10-20(2)9-12-5-6-13(17)8-14(12)18/h3-8,11H,9-10H2,1-2H3,(H,19,21)/t11-/m0/s1. The Morgan fingerprint density at radius 1 is 1.36 bits per heavy atom. The van der Waals surface area contributed by atoms with E-state index in [9.17, 15) is 4.79 Å². The zero-order chi connectivity index (χ0) is 16.1. The van der Waals surface area contributed by atoms with E-state index in [1.165, 1.54) is 0 Å². The van der Waals surface area contributed by atoms with Crippen molar-refractivity contribution < 1.29 is 4.79 Å². The zero-order valence-electron chi connectivity index (χ0n) is 12.5. The van der Waals surface area contributed by atoms with Crippen LogP contribution in [0.15, 0.2) is 35.7 Å². The van der Waals surface area contributed by atoms with Crippen molar-refractivity contribution in [1.29, 1.82) is 0 Å². The molecule has 0 spiro atoms. The first-order chi connectivity index (χ1) is 10.5. The van der Waals surface area contributed by atoms with Crippen LogP contribution in [0.5, 0.6) is 0 Å². The molecule has 0 aliphatic carbocycles. The molecule has 0 unspecified atom stereocenters. The van der Waals surface area contributed by atoms with E-state index in [0.29, 0.717) is 23.1 Å². The lowest BCUT2D eigenvalue weighted by Gasteiger charge is -2.19. The Morgan fingerprint density at radius 2 is 2.14 bits per heavy atom. The SMILES string of the molecule is C[C@H](NC(=O)CN(C)Cc1ccc(Cl)cc1Cl)c1cccs1. The van der Waals surface area contributed by atoms with Gasteiger partial charge in [0.1, 0.15) is 0 Å². The second kappa shape index (κ2) is 7.97. The third kappa shape index (κ3) is 4.99. The van der Waals surface area contributed by atoms with Gasteiger partial charge in [0.25, 0.3) is 0 Å². The Hall–Kier alpha value is -1.07. The summed E-state index contributed by atoms with van der Waals surface area (Å²) in [5.41, 5.74) is 0.952. The molecular formula is C16H18Cl2N2OS. The van der Waals surface area contributed by atoms with Crippen molar-refractivity contribution in [3.05, 3.63) is 56.2 Å². The Bertz CT molecular complexity index is 631. The molecule has 22 heavy (non-hydrogen) atoms. The van der Waals surface area contributed by atoms with Crippen LogP contribution in [0.2, 0.25) is 10.0 Å². The molecule has 1 N–H and O–H groups in total. The van der Waals surface area contributed by atoms with Crippen LogP contribution in [0.1, 0.15) is 23.4 Å². The molecule has 0 bridgehead atoms. The summed E-state index contributed by atoms with van der Waals surface area (Å²) in [5, 5.41) is 6.23. The molecule has 1 aromatic heterocycles. The van der Waals surface area contributed by atoms with Crippen LogP contribution in [-0.2, 0) is 11.3 Å². The summed E-state index contributed by atoms with van der Waals surface area (Å²) in [5.74, 6) is -0.00603. The fraction of sp³-hybridized carbons (Fsp3) is 0.312. The number of nitrogens with one attached hydrogen (secondary N) is 1. The number of halogens is 2. The summed E-state index contributed by atoms with van der Waals surface area (Å²) in [4.78, 5) is 15.2. The lowest BCUT2D eigenvalue weighted by molar-refractivity contribution is -0.122. The predicted octanol–water partition coefficient (Wildman–Crippen LogP) is 4.36. The summed E-state index contributed by atoms with van der Waals surface area (Å²) in [7, 11) is 1.89. The number of carbonyl (C=O) groups is 1. The number of rotatable bonds is 6. The molecule has 1 aromatic carbocycles. The summed E-state index contributed by atoms with van der Waals surface area (Å²) >= 11 is 13.7. The Balaban J connectivity index is 1.86. The molecule has 0 saturated carbocycles. The first-order valence-electron chi connectivity index (χ1n) is 6.91. The van der Waals surface area contributed by atoms with Crippen molar-refractivity contribution in [3.63, 3.8) is 0 Å². The highest BCUT2D eigenvalue weighted by molar-refractivity contribution is 7.10. The minimum Gasteiger partial charge on any atom is -0.348 e. The lowest BCUT2D eigenvalue weighted by atomic mass is 10.2.